The van der Waals surface area contributed by atoms with E-state index in [0.717, 1.165) is 22.6 Å². The van der Waals surface area contributed by atoms with Crippen LogP contribution in [0.15, 0.2) is 71.6 Å². The lowest BCUT2D eigenvalue weighted by atomic mass is 10.1. The standard InChI is InChI=1S/C41H54F3N5O5SSi2/c1-25-30(33(52-48-25)27-15-13-12-14-16-27)22-55-23-31-34(53-56(8,9)39(2,3)4)35(54-57(10,11)40(5,6)7)38(50-31)49-21-29(32-36(45)46-24-47-37(32)49)26-17-19-28(20-18-26)51-41(42,43)44/h12-21,24,31,34-35,38H,22-23H2,1-11H3,(H2,45,46,47)/t31-,34-,35-,38-/m1/s1. The molecule has 1 aliphatic heterocycles. The lowest BCUT2D eigenvalue weighted by Crippen LogP contribution is -2.53. The number of anilines is 1. The Kier molecular flexibility index (Phi) is 11.9. The first-order chi connectivity index (χ1) is 26.5. The number of halogens is 3. The highest BCUT2D eigenvalue weighted by atomic mass is 32.2. The van der Waals surface area contributed by atoms with Gasteiger partial charge in [0, 0.05) is 34.4 Å². The van der Waals surface area contributed by atoms with Crippen molar-refractivity contribution >= 4 is 45.2 Å². The normalized spacial score (nSPS) is 19.8. The number of hydrogen-bond donors (Lipinski definition) is 1. The summed E-state index contributed by atoms with van der Waals surface area (Å²) < 4.78 is 72.9. The highest BCUT2D eigenvalue weighted by Gasteiger charge is 2.54. The van der Waals surface area contributed by atoms with E-state index in [0.29, 0.717) is 33.7 Å². The van der Waals surface area contributed by atoms with E-state index in [1.165, 1.54) is 18.5 Å². The first-order valence-corrected chi connectivity index (χ1v) is 26.0. The number of ether oxygens (including phenoxy) is 2. The molecule has 16 heteroatoms. The molecule has 1 saturated heterocycles. The van der Waals surface area contributed by atoms with Crippen LogP contribution >= 0.6 is 11.8 Å². The second kappa shape index (κ2) is 15.8. The molecule has 5 aromatic rings. The third-order valence-electron chi connectivity index (χ3n) is 11.6. The number of nitrogens with zero attached hydrogens (tertiary/aromatic N) is 4. The molecule has 0 aliphatic carbocycles. The molecular weight excluding hydrogens is 788 g/mol. The molecule has 2 N–H and O–H groups in total. The minimum Gasteiger partial charge on any atom is -0.408 e. The number of nitrogens with two attached hydrogens (primary N) is 1. The molecule has 0 bridgehead atoms. The summed E-state index contributed by atoms with van der Waals surface area (Å²) in [5.41, 5.74) is 11.1. The predicted molar refractivity (Wildman–Crippen MR) is 225 cm³/mol. The van der Waals surface area contributed by atoms with Crippen LogP contribution in [0.3, 0.4) is 0 Å². The fourth-order valence-corrected chi connectivity index (χ4v) is 10.1. The van der Waals surface area contributed by atoms with Gasteiger partial charge in [-0.3, -0.25) is 0 Å². The molecule has 0 amide bonds. The second-order valence-electron chi connectivity index (χ2n) is 17.7. The number of aryl methyl sites for hydroxylation is 1. The average molecular weight is 842 g/mol. The highest BCUT2D eigenvalue weighted by molar-refractivity contribution is 7.98. The van der Waals surface area contributed by atoms with E-state index < -0.39 is 47.5 Å². The van der Waals surface area contributed by atoms with Crippen molar-refractivity contribution in [2.24, 2.45) is 0 Å². The van der Waals surface area contributed by atoms with Crippen LogP contribution in [-0.4, -0.2) is 66.8 Å². The number of alkyl halides is 3. The van der Waals surface area contributed by atoms with Gasteiger partial charge in [0.1, 0.15) is 35.7 Å². The van der Waals surface area contributed by atoms with Gasteiger partial charge in [-0.1, -0.05) is 89.2 Å². The third-order valence-corrected chi connectivity index (χ3v) is 21.6. The number of aromatic nitrogens is 4. The Morgan fingerprint density at radius 2 is 1.46 bits per heavy atom. The molecule has 10 nitrogen and oxygen atoms in total. The van der Waals surface area contributed by atoms with E-state index in [1.807, 2.05) is 48.0 Å². The summed E-state index contributed by atoms with van der Waals surface area (Å²) in [6.45, 7) is 24.1. The Balaban J connectivity index is 1.44. The first-order valence-electron chi connectivity index (χ1n) is 19.0. The second-order valence-corrected chi connectivity index (χ2v) is 28.2. The van der Waals surface area contributed by atoms with Crippen molar-refractivity contribution in [3.63, 3.8) is 0 Å². The maximum atomic E-state index is 13.0. The van der Waals surface area contributed by atoms with Gasteiger partial charge < -0.3 is 33.1 Å². The van der Waals surface area contributed by atoms with Crippen LogP contribution in [0.1, 0.15) is 59.0 Å². The van der Waals surface area contributed by atoms with Gasteiger partial charge in [-0.05, 0) is 60.9 Å². The summed E-state index contributed by atoms with van der Waals surface area (Å²) in [6.07, 6.45) is -3.63. The van der Waals surface area contributed by atoms with Gasteiger partial charge in [-0.15, -0.1) is 13.2 Å². The zero-order valence-corrected chi connectivity index (χ0v) is 37.3. The van der Waals surface area contributed by atoms with Gasteiger partial charge in [-0.2, -0.15) is 11.8 Å². The average Bonchev–Trinajstić information content (AvgIpc) is 3.77. The molecule has 308 valence electrons. The maximum Gasteiger partial charge on any atom is 0.573 e. The van der Waals surface area contributed by atoms with Crippen LogP contribution in [-0.2, 0) is 19.3 Å². The Labute approximate surface area is 339 Å². The summed E-state index contributed by atoms with van der Waals surface area (Å²) in [7, 11) is -4.89. The monoisotopic (exact) mass is 841 g/mol. The van der Waals surface area contributed by atoms with Gasteiger partial charge in [0.2, 0.25) is 0 Å². The van der Waals surface area contributed by atoms with Gasteiger partial charge >= 0.3 is 6.36 Å². The molecule has 0 saturated carbocycles. The van der Waals surface area contributed by atoms with Crippen LogP contribution in [0.4, 0.5) is 19.0 Å². The van der Waals surface area contributed by atoms with E-state index in [4.69, 9.17) is 28.8 Å². The van der Waals surface area contributed by atoms with E-state index in [1.54, 1.807) is 23.9 Å². The molecular formula is C41H54F3N5O5SSi2. The van der Waals surface area contributed by atoms with Crippen molar-refractivity contribution in [1.82, 2.24) is 19.7 Å². The summed E-state index contributed by atoms with van der Waals surface area (Å²) in [6, 6.07) is 15.6. The fourth-order valence-electron chi connectivity index (χ4n) is 6.38. The Bertz CT molecular complexity index is 2170. The summed E-state index contributed by atoms with van der Waals surface area (Å²) >= 11 is 1.72. The number of benzene rings is 2. The quantitative estimate of drug-likeness (QED) is 0.122. The van der Waals surface area contributed by atoms with Gasteiger partial charge in [0.15, 0.2) is 28.6 Å². The number of rotatable bonds is 12. The summed E-state index contributed by atoms with van der Waals surface area (Å²) in [5.74, 6) is 1.86. The lowest BCUT2D eigenvalue weighted by molar-refractivity contribution is -0.274. The maximum absolute atomic E-state index is 13.0. The van der Waals surface area contributed by atoms with E-state index in [9.17, 15) is 13.2 Å². The van der Waals surface area contributed by atoms with Crippen molar-refractivity contribution in [3.8, 4) is 28.2 Å². The largest absolute Gasteiger partial charge is 0.573 e. The molecule has 4 atom stereocenters. The molecule has 1 fully saturated rings. The SMILES string of the molecule is Cc1noc(-c2ccccc2)c1CSC[C@H]1O[C@@H](n2cc(-c3ccc(OC(F)(F)F)cc3)c3c(N)ncnc32)[C@H](O[Si](C)(C)C(C)(C)C)[C@@H]1O[Si](C)(C)C(C)(C)C. The number of hydrogen-bond acceptors (Lipinski definition) is 10. The number of nitrogen functional groups attached to an aromatic ring is 1. The predicted octanol–water partition coefficient (Wildman–Crippen LogP) is 11.2. The van der Waals surface area contributed by atoms with E-state index >= 15 is 0 Å². The zero-order valence-electron chi connectivity index (χ0n) is 34.5. The van der Waals surface area contributed by atoms with Crippen LogP contribution in [0, 0.1) is 6.92 Å². The molecule has 0 radical (unpaired) electrons. The molecule has 1 aliphatic rings. The van der Waals surface area contributed by atoms with Crippen LogP contribution in [0.5, 0.6) is 5.75 Å². The van der Waals surface area contributed by atoms with Gasteiger partial charge in [0.25, 0.3) is 0 Å². The smallest absolute Gasteiger partial charge is 0.408 e. The fraction of sp³-hybridized carbons (Fsp3) is 0.488. The minimum absolute atomic E-state index is 0.106. The van der Waals surface area contributed by atoms with E-state index in [2.05, 4.69) is 82.6 Å². The molecule has 2 aromatic carbocycles. The van der Waals surface area contributed by atoms with Gasteiger partial charge in [0.05, 0.1) is 17.2 Å². The topological polar surface area (TPSA) is 120 Å². The van der Waals surface area contributed by atoms with Gasteiger partial charge in [-0.25, -0.2) is 9.97 Å². The van der Waals surface area contributed by atoms with Crippen molar-refractivity contribution in [3.05, 3.63) is 78.4 Å². The Morgan fingerprint density at radius 1 is 0.842 bits per heavy atom. The molecule has 0 spiro atoms. The van der Waals surface area contributed by atoms with Crippen molar-refractivity contribution in [2.75, 3.05) is 11.5 Å². The molecule has 57 heavy (non-hydrogen) atoms. The number of thioether (sulfide) groups is 1. The van der Waals surface area contributed by atoms with Crippen molar-refractivity contribution in [2.45, 2.75) is 121 Å². The Morgan fingerprint density at radius 3 is 2.05 bits per heavy atom. The number of fused-ring (bicyclic) bond motifs is 1. The van der Waals surface area contributed by atoms with Crippen molar-refractivity contribution in [1.29, 1.82) is 0 Å². The molecule has 0 unspecified atom stereocenters. The lowest BCUT2D eigenvalue weighted by Gasteiger charge is -2.44. The summed E-state index contributed by atoms with van der Waals surface area (Å²) in [4.78, 5) is 9.00. The Hall–Kier alpha value is -3.68. The van der Waals surface area contributed by atoms with E-state index in [-0.39, 0.29) is 21.6 Å². The van der Waals surface area contributed by atoms with Crippen LogP contribution in [0.2, 0.25) is 36.3 Å². The highest BCUT2D eigenvalue weighted by Crippen LogP contribution is 2.48. The van der Waals surface area contributed by atoms with Crippen LogP contribution in [0.25, 0.3) is 33.5 Å². The zero-order chi connectivity index (χ0) is 41.7. The van der Waals surface area contributed by atoms with Crippen LogP contribution < -0.4 is 10.5 Å². The molecule has 3 aromatic heterocycles. The molecule has 6 rings (SSSR count). The van der Waals surface area contributed by atoms with Crippen molar-refractivity contribution < 1.29 is 36.0 Å². The molecule has 4 heterocycles. The third kappa shape index (κ3) is 9.15. The summed E-state index contributed by atoms with van der Waals surface area (Å²) in [5, 5.41) is 4.61. The minimum atomic E-state index is -4.81. The first kappa shape index (κ1) is 42.9.